The minimum atomic E-state index is -0.308. The van der Waals surface area contributed by atoms with Crippen LogP contribution in [0.4, 0.5) is 0 Å². The summed E-state index contributed by atoms with van der Waals surface area (Å²) in [5, 5.41) is 0. The molecule has 0 atom stereocenters. The number of β-lactam (4-membered cyclic amide) rings is 1. The molecule has 0 aromatic heterocycles. The molecule has 2 rings (SSSR count). The highest BCUT2D eigenvalue weighted by Gasteiger charge is 2.37. The normalized spacial score (nSPS) is 16.1. The number of hydrogen-bond acceptors (Lipinski definition) is 4. The third-order valence-corrected chi connectivity index (χ3v) is 3.50. The van der Waals surface area contributed by atoms with Gasteiger partial charge in [0, 0.05) is 17.6 Å². The molecule has 1 aliphatic heterocycles. The van der Waals surface area contributed by atoms with Crippen molar-refractivity contribution in [3.05, 3.63) is 47.0 Å². The van der Waals surface area contributed by atoms with Crippen LogP contribution in [-0.4, -0.2) is 35.8 Å². The number of carbonyl (C=O) groups excluding carboxylic acids is 3. The second-order valence-electron chi connectivity index (χ2n) is 5.23. The van der Waals surface area contributed by atoms with Gasteiger partial charge >= 0.3 is 5.97 Å². The van der Waals surface area contributed by atoms with Crippen molar-refractivity contribution in [3.63, 3.8) is 0 Å². The number of carbonyl (C=O) groups is 3. The van der Waals surface area contributed by atoms with Crippen LogP contribution in [0.5, 0.6) is 0 Å². The maximum absolute atomic E-state index is 12.2. The summed E-state index contributed by atoms with van der Waals surface area (Å²) in [7, 11) is 0. The molecule has 22 heavy (non-hydrogen) atoms. The number of ether oxygens (including phenoxy) is 1. The molecule has 0 spiro atoms. The first-order valence-electron chi connectivity index (χ1n) is 7.30. The summed E-state index contributed by atoms with van der Waals surface area (Å²) >= 11 is 0. The molecule has 0 saturated carbocycles. The number of esters is 1. The molecule has 1 aromatic carbocycles. The zero-order valence-corrected chi connectivity index (χ0v) is 12.8. The summed E-state index contributed by atoms with van der Waals surface area (Å²) < 4.78 is 5.08. The molecule has 5 nitrogen and oxygen atoms in total. The molecule has 0 bridgehead atoms. The van der Waals surface area contributed by atoms with Gasteiger partial charge in [0.15, 0.2) is 0 Å². The third kappa shape index (κ3) is 3.42. The molecule has 1 heterocycles. The van der Waals surface area contributed by atoms with Gasteiger partial charge in [-0.2, -0.15) is 0 Å². The lowest BCUT2D eigenvalue weighted by Gasteiger charge is -2.32. The fraction of sp³-hybridized carbons (Fsp3) is 0.353. The summed E-state index contributed by atoms with van der Waals surface area (Å²) in [5.74, 6) is -0.880. The van der Waals surface area contributed by atoms with E-state index in [-0.39, 0.29) is 30.9 Å². The third-order valence-electron chi connectivity index (χ3n) is 3.50. The van der Waals surface area contributed by atoms with Crippen LogP contribution in [0.1, 0.15) is 37.0 Å². The average molecular weight is 301 g/mol. The van der Waals surface area contributed by atoms with Gasteiger partial charge in [-0.3, -0.25) is 19.3 Å². The largest absolute Gasteiger partial charge is 0.461 e. The maximum atomic E-state index is 12.2. The Hall–Kier alpha value is -2.43. The van der Waals surface area contributed by atoms with Crippen LogP contribution < -0.4 is 0 Å². The minimum absolute atomic E-state index is 0.104. The molecule has 2 amide bonds. The van der Waals surface area contributed by atoms with Gasteiger partial charge in [0.25, 0.3) is 11.8 Å². The van der Waals surface area contributed by atoms with Gasteiger partial charge in [-0.1, -0.05) is 25.1 Å². The number of rotatable bonds is 5. The fourth-order valence-corrected chi connectivity index (χ4v) is 2.14. The van der Waals surface area contributed by atoms with Crippen molar-refractivity contribution < 1.29 is 19.1 Å². The maximum Gasteiger partial charge on any atom is 0.306 e. The lowest BCUT2D eigenvalue weighted by atomic mass is 9.99. The van der Waals surface area contributed by atoms with Gasteiger partial charge in [-0.25, -0.2) is 0 Å². The van der Waals surface area contributed by atoms with Crippen molar-refractivity contribution >= 4 is 17.8 Å². The van der Waals surface area contributed by atoms with Crippen LogP contribution in [-0.2, 0) is 14.3 Å². The van der Waals surface area contributed by atoms with E-state index in [0.29, 0.717) is 23.1 Å². The number of benzene rings is 1. The molecule has 0 N–H and O–H groups in total. The van der Waals surface area contributed by atoms with E-state index in [0.717, 1.165) is 6.42 Å². The molecule has 116 valence electrons. The van der Waals surface area contributed by atoms with Gasteiger partial charge in [0.1, 0.15) is 6.61 Å². The van der Waals surface area contributed by atoms with Crippen molar-refractivity contribution in [2.75, 3.05) is 13.2 Å². The summed E-state index contributed by atoms with van der Waals surface area (Å²) in [6, 6.07) is 8.68. The Kier molecular flexibility index (Phi) is 5.09. The van der Waals surface area contributed by atoms with Gasteiger partial charge in [0.2, 0.25) is 0 Å². The molecular formula is C17H19NO4. The Morgan fingerprint density at radius 3 is 2.50 bits per heavy atom. The molecular weight excluding hydrogens is 282 g/mol. The van der Waals surface area contributed by atoms with Crippen molar-refractivity contribution in [2.24, 2.45) is 0 Å². The number of hydrogen-bond donors (Lipinski definition) is 0. The first-order chi connectivity index (χ1) is 10.5. The lowest BCUT2D eigenvalue weighted by molar-refractivity contribution is -0.143. The van der Waals surface area contributed by atoms with Gasteiger partial charge < -0.3 is 4.74 Å². The van der Waals surface area contributed by atoms with Crippen molar-refractivity contribution in [1.29, 1.82) is 0 Å². The molecule has 5 heteroatoms. The van der Waals surface area contributed by atoms with Crippen molar-refractivity contribution in [1.82, 2.24) is 4.90 Å². The predicted molar refractivity (Wildman–Crippen MR) is 81.1 cm³/mol. The number of amides is 2. The number of imide groups is 1. The molecule has 1 aromatic rings. The van der Waals surface area contributed by atoms with E-state index in [1.54, 1.807) is 31.2 Å². The van der Waals surface area contributed by atoms with Crippen LogP contribution in [0.25, 0.3) is 0 Å². The van der Waals surface area contributed by atoms with Gasteiger partial charge in [-0.15, -0.1) is 0 Å². The lowest BCUT2D eigenvalue weighted by Crippen LogP contribution is -2.50. The monoisotopic (exact) mass is 301 g/mol. The first-order valence-corrected chi connectivity index (χ1v) is 7.30. The van der Waals surface area contributed by atoms with Crippen LogP contribution >= 0.6 is 0 Å². The van der Waals surface area contributed by atoms with Gasteiger partial charge in [-0.05, 0) is 31.1 Å². The molecule has 0 radical (unpaired) electrons. The highest BCUT2D eigenvalue weighted by Crippen LogP contribution is 2.23. The Labute approximate surface area is 129 Å². The van der Waals surface area contributed by atoms with Crippen LogP contribution in [0.3, 0.4) is 0 Å². The Balaban J connectivity index is 1.95. The highest BCUT2D eigenvalue weighted by atomic mass is 16.5. The molecule has 0 unspecified atom stereocenters. The van der Waals surface area contributed by atoms with Crippen molar-refractivity contribution in [2.45, 2.75) is 26.7 Å². The minimum Gasteiger partial charge on any atom is -0.461 e. The van der Waals surface area contributed by atoms with E-state index in [1.165, 1.54) is 4.90 Å². The predicted octanol–water partition coefficient (Wildman–Crippen LogP) is 2.33. The van der Waals surface area contributed by atoms with E-state index in [2.05, 4.69) is 0 Å². The Morgan fingerprint density at radius 2 is 1.91 bits per heavy atom. The quantitative estimate of drug-likeness (QED) is 0.362. The Bertz CT molecular complexity index is 619. The summed E-state index contributed by atoms with van der Waals surface area (Å²) in [6.45, 7) is 4.02. The van der Waals surface area contributed by atoms with E-state index < -0.39 is 0 Å². The standard InChI is InChI=1S/C17H19NO4/c1-3-7-15(19)22-11-12(2)14-10-18(17(14)21)16(20)13-8-5-4-6-9-13/h4-6,8-9H,3,7,10-11H2,1-2H3/b14-12-. The second kappa shape index (κ2) is 7.02. The second-order valence-corrected chi connectivity index (χ2v) is 5.23. The highest BCUT2D eigenvalue weighted by molar-refractivity contribution is 6.15. The average Bonchev–Trinajstić information content (AvgIpc) is 2.52. The fourth-order valence-electron chi connectivity index (χ4n) is 2.14. The first kappa shape index (κ1) is 15.9. The zero-order valence-electron chi connectivity index (χ0n) is 12.8. The smallest absolute Gasteiger partial charge is 0.306 e. The molecule has 1 saturated heterocycles. The Morgan fingerprint density at radius 1 is 1.23 bits per heavy atom. The van der Waals surface area contributed by atoms with Crippen LogP contribution in [0.15, 0.2) is 41.5 Å². The van der Waals surface area contributed by atoms with E-state index in [9.17, 15) is 14.4 Å². The summed E-state index contributed by atoms with van der Waals surface area (Å²) in [6.07, 6.45) is 1.10. The molecule has 1 fully saturated rings. The van der Waals surface area contributed by atoms with E-state index >= 15 is 0 Å². The zero-order chi connectivity index (χ0) is 16.1. The number of nitrogens with zero attached hydrogens (tertiary/aromatic N) is 1. The van der Waals surface area contributed by atoms with Crippen molar-refractivity contribution in [3.8, 4) is 0 Å². The van der Waals surface area contributed by atoms with Gasteiger partial charge in [0.05, 0.1) is 6.54 Å². The molecule has 1 aliphatic rings. The van der Waals surface area contributed by atoms with Crippen LogP contribution in [0.2, 0.25) is 0 Å². The number of likely N-dealkylation sites (tertiary alicyclic amines) is 1. The summed E-state index contributed by atoms with van der Waals surface area (Å²) in [5.41, 5.74) is 1.74. The van der Waals surface area contributed by atoms with E-state index in [4.69, 9.17) is 4.74 Å². The van der Waals surface area contributed by atoms with E-state index in [1.807, 2.05) is 13.0 Å². The molecule has 0 aliphatic carbocycles. The SMILES string of the molecule is CCCC(=O)OC/C(C)=C1/CN(C(=O)c2ccccc2)C1=O. The topological polar surface area (TPSA) is 63.7 Å². The van der Waals surface area contributed by atoms with Crippen LogP contribution in [0, 0.1) is 0 Å². The summed E-state index contributed by atoms with van der Waals surface area (Å²) in [4.78, 5) is 36.8.